The van der Waals surface area contributed by atoms with E-state index in [2.05, 4.69) is 27.1 Å². The number of aromatic nitrogens is 2. The van der Waals surface area contributed by atoms with Crippen molar-refractivity contribution in [1.82, 2.24) is 14.9 Å². The fourth-order valence-electron chi connectivity index (χ4n) is 4.25. The maximum Gasteiger partial charge on any atom is 0.277 e. The van der Waals surface area contributed by atoms with Crippen LogP contribution in [0.2, 0.25) is 5.02 Å². The summed E-state index contributed by atoms with van der Waals surface area (Å²) in [4.78, 5) is 48.3. The molecule has 11 heteroatoms. The molecule has 3 aromatic rings. The number of hydrogen-bond acceptors (Lipinski definition) is 5. The third-order valence-electron chi connectivity index (χ3n) is 6.46. The van der Waals surface area contributed by atoms with Gasteiger partial charge in [0.2, 0.25) is 0 Å². The van der Waals surface area contributed by atoms with E-state index in [0.717, 1.165) is 38.1 Å². The molecule has 0 atom stereocenters. The van der Waals surface area contributed by atoms with Crippen molar-refractivity contribution >= 4 is 40.7 Å². The topological polar surface area (TPSA) is 124 Å². The molecule has 0 saturated carbocycles. The lowest BCUT2D eigenvalue weighted by Gasteiger charge is -2.32. The van der Waals surface area contributed by atoms with Crippen LogP contribution in [0.15, 0.2) is 48.8 Å². The van der Waals surface area contributed by atoms with Gasteiger partial charge in [0.1, 0.15) is 11.5 Å². The van der Waals surface area contributed by atoms with E-state index < -0.39 is 23.5 Å². The summed E-state index contributed by atoms with van der Waals surface area (Å²) < 4.78 is 13.3. The summed E-state index contributed by atoms with van der Waals surface area (Å²) in [7, 11) is 0. The third kappa shape index (κ3) is 6.33. The number of primary amides is 1. The highest BCUT2D eigenvalue weighted by Gasteiger charge is 2.26. The molecule has 3 amide bonds. The van der Waals surface area contributed by atoms with Crippen LogP contribution in [-0.2, 0) is 0 Å². The number of imidazole rings is 1. The number of amides is 3. The minimum atomic E-state index is -0.799. The van der Waals surface area contributed by atoms with Gasteiger partial charge in [-0.1, -0.05) is 18.5 Å². The van der Waals surface area contributed by atoms with E-state index in [-0.39, 0.29) is 22.0 Å². The Labute approximate surface area is 218 Å². The number of rotatable bonds is 8. The molecule has 0 bridgehead atoms. The van der Waals surface area contributed by atoms with E-state index in [9.17, 15) is 18.8 Å². The Kier molecular flexibility index (Phi) is 8.20. The summed E-state index contributed by atoms with van der Waals surface area (Å²) in [6.07, 6.45) is 3.47. The van der Waals surface area contributed by atoms with Crippen molar-refractivity contribution in [3.8, 4) is 0 Å². The molecule has 0 spiro atoms. The Hall–Kier alpha value is -3.76. The Morgan fingerprint density at radius 2 is 1.89 bits per heavy atom. The number of nitrogens with two attached hydrogens (primary N) is 1. The molecule has 1 aliphatic heterocycles. The molecule has 37 heavy (non-hydrogen) atoms. The highest BCUT2D eigenvalue weighted by molar-refractivity contribution is 6.34. The van der Waals surface area contributed by atoms with Gasteiger partial charge in [0, 0.05) is 24.5 Å². The number of anilines is 2. The van der Waals surface area contributed by atoms with Gasteiger partial charge in [-0.2, -0.15) is 0 Å². The van der Waals surface area contributed by atoms with Gasteiger partial charge in [-0.05, 0) is 74.3 Å². The van der Waals surface area contributed by atoms with Crippen molar-refractivity contribution in [2.75, 3.05) is 36.4 Å². The second-order valence-electron chi connectivity index (χ2n) is 9.10. The average molecular weight is 527 g/mol. The number of nitrogens with one attached hydrogen (secondary N) is 2. The van der Waals surface area contributed by atoms with Gasteiger partial charge in [0.15, 0.2) is 5.69 Å². The Balaban J connectivity index is 1.53. The molecule has 0 aliphatic carbocycles. The maximum absolute atomic E-state index is 13.5. The number of carbonyl (C=O) groups is 3. The molecule has 1 aliphatic rings. The van der Waals surface area contributed by atoms with Crippen LogP contribution in [-0.4, -0.2) is 58.8 Å². The number of H-pyrrole nitrogens is 1. The monoisotopic (exact) mass is 526 g/mol. The Bertz CT molecular complexity index is 1290. The molecule has 0 radical (unpaired) electrons. The smallest absolute Gasteiger partial charge is 0.277 e. The van der Waals surface area contributed by atoms with E-state index >= 15 is 0 Å². The predicted octanol–water partition coefficient (Wildman–Crippen LogP) is 3.93. The number of halogens is 2. The summed E-state index contributed by atoms with van der Waals surface area (Å²) in [6.45, 7) is 5.18. The fraction of sp³-hybridized carbons (Fsp3) is 0.308. The highest BCUT2D eigenvalue weighted by Crippen LogP contribution is 2.24. The molecule has 9 nitrogen and oxygen atoms in total. The van der Waals surface area contributed by atoms with Gasteiger partial charge in [-0.3, -0.25) is 14.4 Å². The van der Waals surface area contributed by atoms with Gasteiger partial charge in [-0.25, -0.2) is 9.37 Å². The van der Waals surface area contributed by atoms with Crippen LogP contribution in [0, 0.1) is 11.7 Å². The summed E-state index contributed by atoms with van der Waals surface area (Å²) >= 11 is 5.99. The van der Waals surface area contributed by atoms with Crippen molar-refractivity contribution in [1.29, 1.82) is 0 Å². The maximum atomic E-state index is 13.5. The summed E-state index contributed by atoms with van der Waals surface area (Å²) in [5, 5.41) is 2.72. The molecule has 2 aromatic carbocycles. The predicted molar refractivity (Wildman–Crippen MR) is 139 cm³/mol. The summed E-state index contributed by atoms with van der Waals surface area (Å²) in [5.74, 6) is -1.58. The number of likely N-dealkylation sites (tertiary alicyclic amines) is 1. The van der Waals surface area contributed by atoms with Gasteiger partial charge in [0.05, 0.1) is 16.9 Å². The van der Waals surface area contributed by atoms with Gasteiger partial charge >= 0.3 is 0 Å². The lowest BCUT2D eigenvalue weighted by Crippen LogP contribution is -2.42. The molecule has 4 rings (SSSR count). The quantitative estimate of drug-likeness (QED) is 0.410. The van der Waals surface area contributed by atoms with Crippen molar-refractivity contribution in [2.45, 2.75) is 19.8 Å². The SMILES string of the molecule is CC1CCN(CCN(C(=O)c2[nH]cnc2C(N)=O)c2ccc(NC(=O)c3ccc(F)cc3Cl)cc2)CC1. The lowest BCUT2D eigenvalue weighted by molar-refractivity contribution is 0.0951. The minimum Gasteiger partial charge on any atom is -0.364 e. The third-order valence-corrected chi connectivity index (χ3v) is 6.77. The van der Waals surface area contributed by atoms with Gasteiger partial charge in [0.25, 0.3) is 17.7 Å². The number of aromatic amines is 1. The number of hydrogen-bond donors (Lipinski definition) is 3. The van der Waals surface area contributed by atoms with Gasteiger partial charge < -0.3 is 25.8 Å². The molecular weight excluding hydrogens is 499 g/mol. The van der Waals surface area contributed by atoms with E-state index in [1.165, 1.54) is 12.4 Å². The van der Waals surface area contributed by atoms with E-state index in [4.69, 9.17) is 17.3 Å². The molecule has 1 aromatic heterocycles. The fourth-order valence-corrected chi connectivity index (χ4v) is 4.50. The van der Waals surface area contributed by atoms with E-state index in [1.807, 2.05) is 0 Å². The highest BCUT2D eigenvalue weighted by atomic mass is 35.5. The molecule has 0 unspecified atom stereocenters. The van der Waals surface area contributed by atoms with E-state index in [0.29, 0.717) is 30.4 Å². The van der Waals surface area contributed by atoms with Crippen molar-refractivity contribution in [2.24, 2.45) is 11.7 Å². The van der Waals surface area contributed by atoms with Crippen molar-refractivity contribution < 1.29 is 18.8 Å². The minimum absolute atomic E-state index is 0.00260. The van der Waals surface area contributed by atoms with Crippen LogP contribution in [0.3, 0.4) is 0 Å². The van der Waals surface area contributed by atoms with Crippen LogP contribution >= 0.6 is 11.6 Å². The summed E-state index contributed by atoms with van der Waals surface area (Å²) in [6, 6.07) is 10.2. The lowest BCUT2D eigenvalue weighted by atomic mass is 9.99. The van der Waals surface area contributed by atoms with Gasteiger partial charge in [-0.15, -0.1) is 0 Å². The Morgan fingerprint density at radius 1 is 1.19 bits per heavy atom. The average Bonchev–Trinajstić information content (AvgIpc) is 3.36. The van der Waals surface area contributed by atoms with Crippen molar-refractivity contribution in [3.05, 3.63) is 76.6 Å². The second-order valence-corrected chi connectivity index (χ2v) is 9.50. The summed E-state index contributed by atoms with van der Waals surface area (Å²) in [5.41, 5.74) is 6.46. The first kappa shape index (κ1) is 26.3. The van der Waals surface area contributed by atoms with Crippen LogP contribution in [0.4, 0.5) is 15.8 Å². The first-order valence-electron chi connectivity index (χ1n) is 12.0. The zero-order valence-corrected chi connectivity index (χ0v) is 21.1. The largest absolute Gasteiger partial charge is 0.364 e. The normalized spacial score (nSPS) is 14.4. The van der Waals surface area contributed by atoms with Crippen LogP contribution in [0.1, 0.15) is 51.1 Å². The number of piperidine rings is 1. The number of benzene rings is 2. The first-order valence-corrected chi connectivity index (χ1v) is 12.3. The van der Waals surface area contributed by atoms with Crippen LogP contribution in [0.25, 0.3) is 0 Å². The first-order chi connectivity index (χ1) is 17.7. The Morgan fingerprint density at radius 3 is 2.54 bits per heavy atom. The number of carbonyl (C=O) groups excluding carboxylic acids is 3. The standard InChI is InChI=1S/C26H28ClFN6O3/c1-16-8-10-33(11-9-16)12-13-34(26(37)23-22(24(29)35)30-15-31-23)19-5-3-18(4-6-19)32-25(36)20-7-2-17(28)14-21(20)27/h2-7,14-16H,8-13H2,1H3,(H2,29,35)(H,30,31)(H,32,36). The van der Waals surface area contributed by atoms with Crippen LogP contribution < -0.4 is 16.0 Å². The number of nitrogens with zero attached hydrogens (tertiary/aromatic N) is 3. The molecule has 194 valence electrons. The van der Waals surface area contributed by atoms with E-state index in [1.54, 1.807) is 29.2 Å². The molecule has 1 fully saturated rings. The van der Waals surface area contributed by atoms with Crippen molar-refractivity contribution in [3.63, 3.8) is 0 Å². The molecule has 2 heterocycles. The zero-order valence-electron chi connectivity index (χ0n) is 20.3. The van der Waals surface area contributed by atoms with Crippen LogP contribution in [0.5, 0.6) is 0 Å². The molecule has 1 saturated heterocycles. The molecule has 4 N–H and O–H groups in total. The molecular formula is C26H28ClFN6O3. The second kappa shape index (κ2) is 11.5. The zero-order chi connectivity index (χ0) is 26.5.